The van der Waals surface area contributed by atoms with Crippen LogP contribution in [0.5, 0.6) is 5.75 Å². The monoisotopic (exact) mass is 360 g/mol. The Morgan fingerprint density at radius 2 is 2.00 bits per heavy atom. The molecule has 2 rings (SSSR count). The van der Waals surface area contributed by atoms with Crippen molar-refractivity contribution in [1.29, 1.82) is 0 Å². The summed E-state index contributed by atoms with van der Waals surface area (Å²) in [5.41, 5.74) is 2.66. The van der Waals surface area contributed by atoms with Gasteiger partial charge in [-0.05, 0) is 43.2 Å². The van der Waals surface area contributed by atoms with Crippen molar-refractivity contribution in [3.63, 3.8) is 0 Å². The summed E-state index contributed by atoms with van der Waals surface area (Å²) in [6, 6.07) is 12.9. The molecule has 0 aliphatic carbocycles. The van der Waals surface area contributed by atoms with Gasteiger partial charge in [-0.15, -0.1) is 0 Å². The van der Waals surface area contributed by atoms with Gasteiger partial charge in [0.15, 0.2) is 5.71 Å². The van der Waals surface area contributed by atoms with Gasteiger partial charge in [0.25, 0.3) is 5.91 Å². The van der Waals surface area contributed by atoms with E-state index in [0.717, 1.165) is 16.9 Å². The number of rotatable bonds is 7. The summed E-state index contributed by atoms with van der Waals surface area (Å²) in [5, 5.41) is 7.29. The lowest BCUT2D eigenvalue weighted by Crippen LogP contribution is -2.32. The van der Waals surface area contributed by atoms with E-state index >= 15 is 0 Å². The molecule has 0 fully saturated rings. The van der Waals surface area contributed by atoms with Crippen LogP contribution < -0.4 is 10.1 Å². The van der Waals surface area contributed by atoms with E-state index in [2.05, 4.69) is 10.5 Å². The lowest BCUT2D eigenvalue weighted by atomic mass is 10.0. The molecule has 0 saturated heterocycles. The summed E-state index contributed by atoms with van der Waals surface area (Å²) >= 11 is 5.97. The van der Waals surface area contributed by atoms with Gasteiger partial charge in [-0.1, -0.05) is 41.0 Å². The Morgan fingerprint density at radius 1 is 1.24 bits per heavy atom. The molecule has 1 N–H and O–H groups in total. The molecule has 0 bridgehead atoms. The van der Waals surface area contributed by atoms with Crippen LogP contribution in [0.3, 0.4) is 0 Å². The van der Waals surface area contributed by atoms with Gasteiger partial charge in [0.1, 0.15) is 19.5 Å². The summed E-state index contributed by atoms with van der Waals surface area (Å²) in [5.74, 6) is 0.446. The van der Waals surface area contributed by atoms with Crippen molar-refractivity contribution in [3.8, 4) is 5.75 Å². The van der Waals surface area contributed by atoms with E-state index in [1.807, 2.05) is 50.2 Å². The lowest BCUT2D eigenvalue weighted by molar-refractivity contribution is -0.114. The lowest BCUT2D eigenvalue weighted by Gasteiger charge is -2.13. The van der Waals surface area contributed by atoms with Crippen LogP contribution in [0.1, 0.15) is 23.6 Å². The molecule has 0 atom stereocenters. The maximum atomic E-state index is 12.3. The first kappa shape index (κ1) is 18.8. The Labute approximate surface area is 152 Å². The minimum absolute atomic E-state index is 0.219. The van der Waals surface area contributed by atoms with Crippen molar-refractivity contribution in [2.24, 2.45) is 5.16 Å². The molecule has 132 valence electrons. The molecule has 2 aromatic rings. The van der Waals surface area contributed by atoms with Crippen molar-refractivity contribution in [1.82, 2.24) is 5.32 Å². The number of amides is 1. The fourth-order valence-electron chi connectivity index (χ4n) is 2.36. The standard InChI is InChI=1S/C19H21ClN2O3/c1-4-21-19(23)18(22-24-3)16-8-6-5-7-14(16)12-25-17-10-9-15(20)11-13(17)2/h5-11H,4,12H2,1-3H3,(H,21,23)/b22-18-. The summed E-state index contributed by atoms with van der Waals surface area (Å²) < 4.78 is 5.90. The minimum Gasteiger partial charge on any atom is -0.489 e. The van der Waals surface area contributed by atoms with E-state index in [4.69, 9.17) is 21.2 Å². The Morgan fingerprint density at radius 3 is 2.68 bits per heavy atom. The highest BCUT2D eigenvalue weighted by atomic mass is 35.5. The van der Waals surface area contributed by atoms with Crippen molar-refractivity contribution >= 4 is 23.2 Å². The van der Waals surface area contributed by atoms with Crippen LogP contribution in [-0.4, -0.2) is 25.3 Å². The quantitative estimate of drug-likeness (QED) is 0.604. The molecule has 1 amide bonds. The van der Waals surface area contributed by atoms with Gasteiger partial charge >= 0.3 is 0 Å². The molecule has 5 nitrogen and oxygen atoms in total. The topological polar surface area (TPSA) is 59.9 Å². The first-order valence-corrected chi connectivity index (χ1v) is 8.31. The number of carbonyl (C=O) groups excluding carboxylic acids is 1. The molecule has 6 heteroatoms. The highest BCUT2D eigenvalue weighted by Gasteiger charge is 2.18. The minimum atomic E-state index is -0.292. The maximum Gasteiger partial charge on any atom is 0.273 e. The van der Waals surface area contributed by atoms with Gasteiger partial charge in [0, 0.05) is 17.1 Å². The zero-order valence-corrected chi connectivity index (χ0v) is 15.3. The molecular formula is C19H21ClN2O3. The average Bonchev–Trinajstić information content (AvgIpc) is 2.59. The fraction of sp³-hybridized carbons (Fsp3) is 0.263. The first-order chi connectivity index (χ1) is 12.1. The van der Waals surface area contributed by atoms with Crippen LogP contribution in [0.2, 0.25) is 5.02 Å². The van der Waals surface area contributed by atoms with E-state index in [0.29, 0.717) is 23.7 Å². The number of halogens is 1. The van der Waals surface area contributed by atoms with Crippen LogP contribution in [0.15, 0.2) is 47.6 Å². The van der Waals surface area contributed by atoms with Crippen LogP contribution in [-0.2, 0) is 16.2 Å². The van der Waals surface area contributed by atoms with Gasteiger partial charge in [-0.25, -0.2) is 0 Å². The first-order valence-electron chi connectivity index (χ1n) is 7.93. The van der Waals surface area contributed by atoms with Gasteiger partial charge in [-0.3, -0.25) is 4.79 Å². The second-order valence-electron chi connectivity index (χ2n) is 5.34. The number of ether oxygens (including phenoxy) is 1. The molecule has 0 aliphatic rings. The van der Waals surface area contributed by atoms with Crippen LogP contribution in [0.25, 0.3) is 0 Å². The number of likely N-dealkylation sites (N-methyl/N-ethyl adjacent to an activating group) is 1. The Balaban J connectivity index is 2.27. The molecule has 0 spiro atoms. The third-order valence-electron chi connectivity index (χ3n) is 3.53. The predicted molar refractivity (Wildman–Crippen MR) is 99.2 cm³/mol. The number of nitrogens with one attached hydrogen (secondary N) is 1. The Bertz CT molecular complexity index is 775. The largest absolute Gasteiger partial charge is 0.489 e. The van der Waals surface area contributed by atoms with Crippen LogP contribution in [0, 0.1) is 6.92 Å². The Kier molecular flexibility index (Phi) is 6.83. The fourth-order valence-corrected chi connectivity index (χ4v) is 2.58. The summed E-state index contributed by atoms with van der Waals surface area (Å²) in [6.45, 7) is 4.57. The molecule has 0 unspecified atom stereocenters. The number of hydrogen-bond acceptors (Lipinski definition) is 4. The Hall–Kier alpha value is -2.53. The third kappa shape index (κ3) is 4.97. The zero-order chi connectivity index (χ0) is 18.2. The highest BCUT2D eigenvalue weighted by molar-refractivity contribution is 6.45. The summed E-state index contributed by atoms with van der Waals surface area (Å²) in [7, 11) is 1.41. The maximum absolute atomic E-state index is 12.3. The molecular weight excluding hydrogens is 340 g/mol. The van der Waals surface area contributed by atoms with E-state index < -0.39 is 0 Å². The van der Waals surface area contributed by atoms with Crippen molar-refractivity contribution in [2.75, 3.05) is 13.7 Å². The van der Waals surface area contributed by atoms with Crippen LogP contribution >= 0.6 is 11.6 Å². The molecule has 0 saturated carbocycles. The van der Waals surface area contributed by atoms with E-state index in [1.54, 1.807) is 6.07 Å². The molecule has 0 aromatic heterocycles. The molecule has 25 heavy (non-hydrogen) atoms. The molecule has 0 aliphatic heterocycles. The second-order valence-corrected chi connectivity index (χ2v) is 5.77. The van der Waals surface area contributed by atoms with Crippen molar-refractivity contribution in [3.05, 3.63) is 64.2 Å². The van der Waals surface area contributed by atoms with Crippen LogP contribution in [0.4, 0.5) is 0 Å². The number of hydrogen-bond donors (Lipinski definition) is 1. The number of aryl methyl sites for hydroxylation is 1. The predicted octanol–water partition coefficient (Wildman–Crippen LogP) is 3.71. The normalized spacial score (nSPS) is 11.1. The zero-order valence-electron chi connectivity index (χ0n) is 14.5. The van der Waals surface area contributed by atoms with Gasteiger partial charge < -0.3 is 14.9 Å². The van der Waals surface area contributed by atoms with E-state index in [-0.39, 0.29) is 11.6 Å². The summed E-state index contributed by atoms with van der Waals surface area (Å²) in [4.78, 5) is 17.1. The molecule has 0 radical (unpaired) electrons. The third-order valence-corrected chi connectivity index (χ3v) is 3.76. The average molecular weight is 361 g/mol. The van der Waals surface area contributed by atoms with E-state index in [1.165, 1.54) is 7.11 Å². The van der Waals surface area contributed by atoms with E-state index in [9.17, 15) is 4.79 Å². The van der Waals surface area contributed by atoms with Gasteiger partial charge in [0.2, 0.25) is 0 Å². The van der Waals surface area contributed by atoms with Gasteiger partial charge in [-0.2, -0.15) is 0 Å². The van der Waals surface area contributed by atoms with Crippen molar-refractivity contribution in [2.45, 2.75) is 20.5 Å². The number of benzene rings is 2. The molecule has 0 heterocycles. The molecule has 2 aromatic carbocycles. The van der Waals surface area contributed by atoms with Crippen molar-refractivity contribution < 1.29 is 14.4 Å². The number of oxime groups is 1. The smallest absolute Gasteiger partial charge is 0.273 e. The number of nitrogens with zero attached hydrogens (tertiary/aromatic N) is 1. The number of carbonyl (C=O) groups is 1. The highest BCUT2D eigenvalue weighted by Crippen LogP contribution is 2.23. The SMILES string of the molecule is CCNC(=O)/C(=N\OC)c1ccccc1COc1ccc(Cl)cc1C. The summed E-state index contributed by atoms with van der Waals surface area (Å²) in [6.07, 6.45) is 0. The second kappa shape index (κ2) is 9.08. The van der Waals surface area contributed by atoms with Gasteiger partial charge in [0.05, 0.1) is 0 Å².